The van der Waals surface area contributed by atoms with Crippen LogP contribution in [-0.4, -0.2) is 48.2 Å². The molecular weight excluding hydrogens is 358 g/mol. The fourth-order valence-electron chi connectivity index (χ4n) is 3.68. The summed E-state index contributed by atoms with van der Waals surface area (Å²) in [5.74, 6) is 0.0663. The fourth-order valence-corrected chi connectivity index (χ4v) is 3.68. The van der Waals surface area contributed by atoms with Crippen LogP contribution in [0.15, 0.2) is 36.4 Å². The van der Waals surface area contributed by atoms with Crippen molar-refractivity contribution in [2.75, 3.05) is 20.3 Å². The summed E-state index contributed by atoms with van der Waals surface area (Å²) in [6, 6.07) is 10.5. The normalized spacial score (nSPS) is 23.6. The number of aromatic nitrogens is 1. The topological polar surface area (TPSA) is 101 Å². The summed E-state index contributed by atoms with van der Waals surface area (Å²) in [5, 5.41) is 16.3. The molecule has 1 aliphatic heterocycles. The lowest BCUT2D eigenvalue weighted by molar-refractivity contribution is 0.0928. The van der Waals surface area contributed by atoms with E-state index in [0.717, 1.165) is 5.56 Å². The van der Waals surface area contributed by atoms with E-state index in [1.165, 1.54) is 13.1 Å². The minimum absolute atomic E-state index is 0.0932. The van der Waals surface area contributed by atoms with Gasteiger partial charge in [-0.2, -0.15) is 0 Å². The van der Waals surface area contributed by atoms with Crippen LogP contribution < -0.4 is 10.6 Å². The van der Waals surface area contributed by atoms with E-state index in [0.29, 0.717) is 36.2 Å². The zero-order valence-electron chi connectivity index (χ0n) is 15.8. The van der Waals surface area contributed by atoms with Gasteiger partial charge in [-0.1, -0.05) is 29.8 Å². The average molecular weight is 381 g/mol. The van der Waals surface area contributed by atoms with Crippen molar-refractivity contribution < 1.29 is 19.4 Å². The number of hydrogen-bond donors (Lipinski definition) is 3. The Kier molecular flexibility index (Phi) is 4.87. The Morgan fingerprint density at radius 3 is 2.46 bits per heavy atom. The van der Waals surface area contributed by atoms with Gasteiger partial charge in [0.15, 0.2) is 0 Å². The maximum Gasteiger partial charge on any atom is 0.269 e. The van der Waals surface area contributed by atoms with Crippen LogP contribution in [0.5, 0.6) is 0 Å². The van der Waals surface area contributed by atoms with Gasteiger partial charge in [0.1, 0.15) is 11.8 Å². The summed E-state index contributed by atoms with van der Waals surface area (Å²) in [7, 11) is 1.50. The molecule has 2 aromatic rings. The third-order valence-electron chi connectivity index (χ3n) is 5.49. The van der Waals surface area contributed by atoms with E-state index in [1.54, 1.807) is 18.2 Å². The highest BCUT2D eigenvalue weighted by Gasteiger charge is 2.54. The molecule has 4 rings (SSSR count). The molecule has 0 spiro atoms. The van der Waals surface area contributed by atoms with Gasteiger partial charge in [-0.3, -0.25) is 9.59 Å². The van der Waals surface area contributed by atoms with Crippen LogP contribution in [-0.2, 0) is 4.74 Å². The summed E-state index contributed by atoms with van der Waals surface area (Å²) in [4.78, 5) is 29.2. The number of aliphatic hydroxyl groups is 1. The number of carbonyl (C=O) groups excluding carboxylic acids is 2. The zero-order valence-corrected chi connectivity index (χ0v) is 15.8. The Balaban J connectivity index is 1.62. The lowest BCUT2D eigenvalue weighted by Crippen LogP contribution is -2.31. The molecule has 1 aromatic carbocycles. The van der Waals surface area contributed by atoms with Crippen molar-refractivity contribution in [3.05, 3.63) is 64.5 Å². The van der Waals surface area contributed by atoms with Gasteiger partial charge in [0.2, 0.25) is 0 Å². The number of fused-ring (bicyclic) bond motifs is 1. The SMILES string of the molecule is CNC(=O)c1cc(C(=O)N[C@H]2[C@@H]3COC[C@@H]32)cc([C@@H](O)c2ccc(C)cc2)n1. The first-order valence-electron chi connectivity index (χ1n) is 9.35. The quantitative estimate of drug-likeness (QED) is 0.723. The Bertz CT molecular complexity index is 902. The van der Waals surface area contributed by atoms with Gasteiger partial charge in [0.25, 0.3) is 11.8 Å². The number of nitrogens with one attached hydrogen (secondary N) is 2. The van der Waals surface area contributed by atoms with E-state index >= 15 is 0 Å². The molecule has 1 aliphatic carbocycles. The molecule has 28 heavy (non-hydrogen) atoms. The van der Waals surface area contributed by atoms with Gasteiger partial charge >= 0.3 is 0 Å². The number of ether oxygens (including phenoxy) is 1. The highest BCUT2D eigenvalue weighted by atomic mass is 16.5. The third kappa shape index (κ3) is 3.50. The highest BCUT2D eigenvalue weighted by Crippen LogP contribution is 2.44. The van der Waals surface area contributed by atoms with Gasteiger partial charge in [-0.15, -0.1) is 0 Å². The van der Waals surface area contributed by atoms with Crippen molar-refractivity contribution in [1.29, 1.82) is 0 Å². The summed E-state index contributed by atoms with van der Waals surface area (Å²) >= 11 is 0. The van der Waals surface area contributed by atoms with Crippen LogP contribution in [0.2, 0.25) is 0 Å². The zero-order chi connectivity index (χ0) is 19.8. The third-order valence-corrected chi connectivity index (χ3v) is 5.49. The monoisotopic (exact) mass is 381 g/mol. The van der Waals surface area contributed by atoms with Gasteiger partial charge in [0, 0.05) is 30.5 Å². The molecule has 4 atom stereocenters. The minimum Gasteiger partial charge on any atom is -0.382 e. The molecule has 7 heteroatoms. The molecule has 0 bridgehead atoms. The van der Waals surface area contributed by atoms with Gasteiger partial charge in [-0.25, -0.2) is 4.98 Å². The van der Waals surface area contributed by atoms with E-state index in [-0.39, 0.29) is 23.3 Å². The number of aliphatic hydroxyl groups excluding tert-OH is 1. The first-order chi connectivity index (χ1) is 13.5. The molecule has 7 nitrogen and oxygen atoms in total. The largest absolute Gasteiger partial charge is 0.382 e. The Morgan fingerprint density at radius 2 is 1.82 bits per heavy atom. The van der Waals surface area contributed by atoms with Crippen LogP contribution in [0.1, 0.15) is 43.8 Å². The second-order valence-corrected chi connectivity index (χ2v) is 7.42. The number of hydrogen-bond acceptors (Lipinski definition) is 5. The van der Waals surface area contributed by atoms with Crippen LogP contribution in [0.25, 0.3) is 0 Å². The van der Waals surface area contributed by atoms with E-state index in [4.69, 9.17) is 4.74 Å². The molecule has 3 N–H and O–H groups in total. The molecule has 0 radical (unpaired) electrons. The second-order valence-electron chi connectivity index (χ2n) is 7.42. The molecule has 1 saturated carbocycles. The molecule has 1 aromatic heterocycles. The van der Waals surface area contributed by atoms with Crippen LogP contribution >= 0.6 is 0 Å². The van der Waals surface area contributed by atoms with Crippen LogP contribution in [0.3, 0.4) is 0 Å². The molecule has 0 unspecified atom stereocenters. The predicted octanol–water partition coefficient (Wildman–Crippen LogP) is 1.21. The molecule has 2 amide bonds. The highest BCUT2D eigenvalue weighted by molar-refractivity contribution is 5.99. The first-order valence-corrected chi connectivity index (χ1v) is 9.35. The molecule has 2 aliphatic rings. The van der Waals surface area contributed by atoms with Crippen molar-refractivity contribution in [2.45, 2.75) is 19.1 Å². The molecular formula is C21H23N3O4. The van der Waals surface area contributed by atoms with Crippen molar-refractivity contribution in [3.8, 4) is 0 Å². The Labute approximate surface area is 163 Å². The Hall–Kier alpha value is -2.77. The second kappa shape index (κ2) is 7.33. The smallest absolute Gasteiger partial charge is 0.269 e. The number of pyridine rings is 1. The summed E-state index contributed by atoms with van der Waals surface area (Å²) < 4.78 is 5.35. The number of rotatable bonds is 5. The summed E-state index contributed by atoms with van der Waals surface area (Å²) in [5.41, 5.74) is 2.38. The van der Waals surface area contributed by atoms with Crippen molar-refractivity contribution in [2.24, 2.45) is 11.8 Å². The maximum atomic E-state index is 12.8. The lowest BCUT2D eigenvalue weighted by atomic mass is 10.0. The van der Waals surface area contributed by atoms with Gasteiger partial charge < -0.3 is 20.5 Å². The Morgan fingerprint density at radius 1 is 1.14 bits per heavy atom. The summed E-state index contributed by atoms with van der Waals surface area (Å²) in [6.07, 6.45) is -1.04. The number of carbonyl (C=O) groups is 2. The van der Waals surface area contributed by atoms with E-state index in [1.807, 2.05) is 19.1 Å². The number of amides is 2. The van der Waals surface area contributed by atoms with Crippen molar-refractivity contribution >= 4 is 11.8 Å². The average Bonchev–Trinajstić information content (AvgIpc) is 3.13. The maximum absolute atomic E-state index is 12.8. The molecule has 2 heterocycles. The van der Waals surface area contributed by atoms with Crippen molar-refractivity contribution in [1.82, 2.24) is 15.6 Å². The molecule has 2 fully saturated rings. The van der Waals surface area contributed by atoms with E-state index < -0.39 is 12.0 Å². The predicted molar refractivity (Wildman–Crippen MR) is 102 cm³/mol. The lowest BCUT2D eigenvalue weighted by Gasteiger charge is -2.14. The number of benzene rings is 1. The van der Waals surface area contributed by atoms with Crippen LogP contribution in [0.4, 0.5) is 0 Å². The number of aryl methyl sites for hydroxylation is 1. The van der Waals surface area contributed by atoms with Crippen molar-refractivity contribution in [3.63, 3.8) is 0 Å². The number of nitrogens with zero attached hydrogens (tertiary/aromatic N) is 1. The first kappa shape index (κ1) is 18.6. The van der Waals surface area contributed by atoms with E-state index in [9.17, 15) is 14.7 Å². The molecule has 146 valence electrons. The standard InChI is InChI=1S/C21H23N3O4/c1-11-3-5-12(6-4-11)19(25)16-7-13(8-17(23-16)21(27)22-2)20(26)24-18-14-9-28-10-15(14)18/h3-8,14-15,18-19,25H,9-10H2,1-2H3,(H,22,27)(H,24,26)/t14-,15+,18+,19-/m0/s1. The van der Waals surface area contributed by atoms with Gasteiger partial charge in [-0.05, 0) is 24.6 Å². The van der Waals surface area contributed by atoms with E-state index in [2.05, 4.69) is 15.6 Å². The molecule has 1 saturated heterocycles. The fraction of sp³-hybridized carbons (Fsp3) is 0.381. The minimum atomic E-state index is -1.04. The van der Waals surface area contributed by atoms with Crippen LogP contribution in [0, 0.1) is 18.8 Å². The summed E-state index contributed by atoms with van der Waals surface area (Å²) in [6.45, 7) is 3.31. The van der Waals surface area contributed by atoms with Gasteiger partial charge in [0.05, 0.1) is 18.9 Å².